The molecule has 3 aromatic rings. The maximum atomic E-state index is 12.7. The van der Waals surface area contributed by atoms with E-state index in [0.29, 0.717) is 5.69 Å². The van der Waals surface area contributed by atoms with Crippen LogP contribution in [-0.4, -0.2) is 28.1 Å². The van der Waals surface area contributed by atoms with Gasteiger partial charge in [-0.2, -0.15) is 5.10 Å². The van der Waals surface area contributed by atoms with Crippen molar-refractivity contribution in [3.63, 3.8) is 0 Å². The molecule has 7 nitrogen and oxygen atoms in total. The van der Waals surface area contributed by atoms with E-state index < -0.39 is 15.9 Å². The van der Waals surface area contributed by atoms with Crippen LogP contribution in [0.2, 0.25) is 0 Å². The Morgan fingerprint density at radius 3 is 2.48 bits per heavy atom. The van der Waals surface area contributed by atoms with Gasteiger partial charge in [0.15, 0.2) is 0 Å². The van der Waals surface area contributed by atoms with Gasteiger partial charge >= 0.3 is 0 Å². The molecule has 0 saturated carbocycles. The Hall–Kier alpha value is -3.13. The summed E-state index contributed by atoms with van der Waals surface area (Å²) in [4.78, 5) is 11.4. The molecule has 1 N–H and O–H groups in total. The molecule has 0 atom stereocenters. The van der Waals surface area contributed by atoms with Crippen LogP contribution in [0.15, 0.2) is 72.7 Å². The van der Waals surface area contributed by atoms with Crippen molar-refractivity contribution in [3.8, 4) is 11.1 Å². The average molecular weight is 356 g/mol. The molecule has 1 aromatic carbocycles. The van der Waals surface area contributed by atoms with Crippen LogP contribution < -0.4 is 5.32 Å². The van der Waals surface area contributed by atoms with Gasteiger partial charge < -0.3 is 5.32 Å². The van der Waals surface area contributed by atoms with Gasteiger partial charge in [0, 0.05) is 31.2 Å². The second-order valence-corrected chi connectivity index (χ2v) is 7.20. The molecule has 0 aliphatic rings. The van der Waals surface area contributed by atoms with Crippen LogP contribution >= 0.6 is 0 Å². The molecule has 0 aliphatic heterocycles. The quantitative estimate of drug-likeness (QED) is 0.711. The molecule has 3 rings (SSSR count). The standard InChI is InChI=1S/C17H16N4O3S/c1-3-17(22)19-15-8-9-21(12-15)25(23,24)16-6-4-13(5-7-16)14-10-18-20(2)11-14/h3-12H,1H2,2H3,(H,19,22). The summed E-state index contributed by atoms with van der Waals surface area (Å²) in [5.74, 6) is -0.407. The molecular weight excluding hydrogens is 340 g/mol. The van der Waals surface area contributed by atoms with Crippen molar-refractivity contribution >= 4 is 21.6 Å². The van der Waals surface area contributed by atoms with Crippen LogP contribution in [0, 0.1) is 0 Å². The maximum Gasteiger partial charge on any atom is 0.267 e. The van der Waals surface area contributed by atoms with Gasteiger partial charge in [0.25, 0.3) is 10.0 Å². The Balaban J connectivity index is 1.87. The Bertz CT molecular complexity index is 1030. The van der Waals surface area contributed by atoms with Crippen molar-refractivity contribution < 1.29 is 13.2 Å². The third kappa shape index (κ3) is 3.38. The van der Waals surface area contributed by atoms with E-state index in [4.69, 9.17) is 0 Å². The number of hydrogen-bond donors (Lipinski definition) is 1. The highest BCUT2D eigenvalue weighted by Gasteiger charge is 2.17. The van der Waals surface area contributed by atoms with Crippen molar-refractivity contribution in [1.82, 2.24) is 13.8 Å². The number of amides is 1. The normalized spacial score (nSPS) is 11.2. The number of nitrogens with zero attached hydrogens (tertiary/aromatic N) is 3. The van der Waals surface area contributed by atoms with Gasteiger partial charge in [0.1, 0.15) is 0 Å². The average Bonchev–Trinajstić information content (AvgIpc) is 3.24. The summed E-state index contributed by atoms with van der Waals surface area (Å²) in [5, 5.41) is 6.61. The number of hydrogen-bond acceptors (Lipinski definition) is 4. The van der Waals surface area contributed by atoms with Crippen LogP contribution in [-0.2, 0) is 21.9 Å². The largest absolute Gasteiger partial charge is 0.321 e. The fourth-order valence-corrected chi connectivity index (χ4v) is 3.50. The Morgan fingerprint density at radius 1 is 1.16 bits per heavy atom. The highest BCUT2D eigenvalue weighted by atomic mass is 32.2. The predicted octanol–water partition coefficient (Wildman–Crippen LogP) is 2.25. The summed E-state index contributed by atoms with van der Waals surface area (Å²) in [6.07, 6.45) is 7.39. The smallest absolute Gasteiger partial charge is 0.267 e. The van der Waals surface area contributed by atoms with Gasteiger partial charge in [0.05, 0.1) is 16.8 Å². The molecular formula is C17H16N4O3S. The minimum Gasteiger partial charge on any atom is -0.321 e. The molecule has 0 radical (unpaired) electrons. The molecule has 2 aromatic heterocycles. The molecule has 0 aliphatic carbocycles. The van der Waals surface area contributed by atoms with E-state index in [9.17, 15) is 13.2 Å². The first-order valence-electron chi connectivity index (χ1n) is 7.36. The second kappa shape index (κ2) is 6.40. The summed E-state index contributed by atoms with van der Waals surface area (Å²) < 4.78 is 28.1. The number of carbonyl (C=O) groups is 1. The van der Waals surface area contributed by atoms with Gasteiger partial charge in [-0.1, -0.05) is 18.7 Å². The molecule has 2 heterocycles. The molecule has 0 spiro atoms. The monoisotopic (exact) mass is 356 g/mol. The van der Waals surface area contributed by atoms with Gasteiger partial charge in [0.2, 0.25) is 5.91 Å². The SMILES string of the molecule is C=CC(=O)Nc1ccn(S(=O)(=O)c2ccc(-c3cnn(C)c3)cc2)c1. The summed E-state index contributed by atoms with van der Waals surface area (Å²) in [5.41, 5.74) is 2.15. The van der Waals surface area contributed by atoms with Crippen molar-refractivity contribution in [3.05, 3.63) is 67.8 Å². The third-order valence-electron chi connectivity index (χ3n) is 3.59. The predicted molar refractivity (Wildman–Crippen MR) is 94.5 cm³/mol. The Morgan fingerprint density at radius 2 is 1.88 bits per heavy atom. The lowest BCUT2D eigenvalue weighted by atomic mass is 10.1. The van der Waals surface area contributed by atoms with Gasteiger partial charge in [-0.05, 0) is 29.8 Å². The lowest BCUT2D eigenvalue weighted by Gasteiger charge is -2.06. The first-order chi connectivity index (χ1) is 11.9. The summed E-state index contributed by atoms with van der Waals surface area (Å²) in [6, 6.07) is 8.05. The van der Waals surface area contributed by atoms with Crippen LogP contribution in [0.4, 0.5) is 5.69 Å². The van der Waals surface area contributed by atoms with E-state index >= 15 is 0 Å². The fourth-order valence-electron chi connectivity index (χ4n) is 2.31. The topological polar surface area (TPSA) is 86.0 Å². The Labute approximate surface area is 145 Å². The molecule has 1 amide bonds. The van der Waals surface area contributed by atoms with E-state index in [2.05, 4.69) is 17.0 Å². The summed E-state index contributed by atoms with van der Waals surface area (Å²) in [7, 11) is -1.92. The zero-order chi connectivity index (χ0) is 18.0. The third-order valence-corrected chi connectivity index (χ3v) is 5.24. The molecule has 0 fully saturated rings. The van der Waals surface area contributed by atoms with Crippen molar-refractivity contribution in [2.75, 3.05) is 5.32 Å². The molecule has 0 saturated heterocycles. The highest BCUT2D eigenvalue weighted by Crippen LogP contribution is 2.22. The van der Waals surface area contributed by atoms with Crippen molar-refractivity contribution in [1.29, 1.82) is 0 Å². The van der Waals surface area contributed by atoms with E-state index in [1.54, 1.807) is 35.1 Å². The molecule has 0 unspecified atom stereocenters. The zero-order valence-corrected chi connectivity index (χ0v) is 14.3. The number of rotatable bonds is 5. The van der Waals surface area contributed by atoms with Crippen molar-refractivity contribution in [2.24, 2.45) is 7.05 Å². The van der Waals surface area contributed by atoms with Gasteiger partial charge in [-0.25, -0.2) is 12.4 Å². The number of benzene rings is 1. The fraction of sp³-hybridized carbons (Fsp3) is 0.0588. The summed E-state index contributed by atoms with van der Waals surface area (Å²) >= 11 is 0. The van der Waals surface area contributed by atoms with Crippen LogP contribution in [0.5, 0.6) is 0 Å². The van der Waals surface area contributed by atoms with E-state index in [0.717, 1.165) is 21.2 Å². The number of aryl methyl sites for hydroxylation is 1. The minimum absolute atomic E-state index is 0.150. The van der Waals surface area contributed by atoms with Crippen LogP contribution in [0.3, 0.4) is 0 Å². The van der Waals surface area contributed by atoms with Gasteiger partial charge in [-0.15, -0.1) is 0 Å². The lowest BCUT2D eigenvalue weighted by molar-refractivity contribution is -0.111. The Kier molecular flexibility index (Phi) is 4.28. The first-order valence-corrected chi connectivity index (χ1v) is 8.80. The first kappa shape index (κ1) is 16.7. The molecule has 0 bridgehead atoms. The molecule has 128 valence electrons. The summed E-state index contributed by atoms with van der Waals surface area (Å²) in [6.45, 7) is 3.35. The second-order valence-electron chi connectivity index (χ2n) is 5.36. The molecule has 25 heavy (non-hydrogen) atoms. The number of anilines is 1. The number of aromatic nitrogens is 3. The van der Waals surface area contributed by atoms with Gasteiger partial charge in [-0.3, -0.25) is 9.48 Å². The maximum absolute atomic E-state index is 12.7. The number of carbonyl (C=O) groups excluding carboxylic acids is 1. The van der Waals surface area contributed by atoms with Crippen LogP contribution in [0.25, 0.3) is 11.1 Å². The minimum atomic E-state index is -3.74. The van der Waals surface area contributed by atoms with E-state index in [1.807, 2.05) is 13.2 Å². The number of nitrogens with one attached hydrogen (secondary N) is 1. The molecule has 8 heteroatoms. The van der Waals surface area contributed by atoms with Crippen LogP contribution in [0.1, 0.15) is 0 Å². The van der Waals surface area contributed by atoms with E-state index in [1.165, 1.54) is 18.5 Å². The van der Waals surface area contributed by atoms with E-state index in [-0.39, 0.29) is 4.90 Å². The zero-order valence-electron chi connectivity index (χ0n) is 13.5. The van der Waals surface area contributed by atoms with Crippen molar-refractivity contribution in [2.45, 2.75) is 4.90 Å². The lowest BCUT2D eigenvalue weighted by Crippen LogP contribution is -2.11. The highest BCUT2D eigenvalue weighted by molar-refractivity contribution is 7.90.